The van der Waals surface area contributed by atoms with Crippen LogP contribution in [-0.2, 0) is 4.79 Å². The Morgan fingerprint density at radius 3 is 2.68 bits per heavy atom. The second-order valence-corrected chi connectivity index (χ2v) is 6.69. The number of thioether (sulfide) groups is 1. The molecule has 4 aromatic rings. The van der Waals surface area contributed by atoms with Crippen LogP contribution >= 0.6 is 11.8 Å². The van der Waals surface area contributed by atoms with E-state index in [4.69, 9.17) is 0 Å². The van der Waals surface area contributed by atoms with Crippen LogP contribution in [0.3, 0.4) is 0 Å². The molecule has 28 heavy (non-hydrogen) atoms. The van der Waals surface area contributed by atoms with Crippen molar-refractivity contribution in [1.82, 2.24) is 24.5 Å². The lowest BCUT2D eigenvalue weighted by molar-refractivity contribution is -0.113. The molecular formula is C19H15FN6OS. The number of aromatic nitrogens is 5. The SMILES string of the molecule is O=C(CSc1nnc(-c2ccccn2)n1-n1cccc1)Nc1cccc(F)c1. The van der Waals surface area contributed by atoms with Gasteiger partial charge in [0.25, 0.3) is 0 Å². The van der Waals surface area contributed by atoms with Gasteiger partial charge in [0.2, 0.25) is 16.9 Å². The number of benzene rings is 1. The molecular weight excluding hydrogens is 379 g/mol. The Labute approximate surface area is 164 Å². The molecule has 0 radical (unpaired) electrons. The highest BCUT2D eigenvalue weighted by Crippen LogP contribution is 2.23. The Morgan fingerprint density at radius 1 is 1.07 bits per heavy atom. The summed E-state index contributed by atoms with van der Waals surface area (Å²) in [5, 5.41) is 11.7. The second-order valence-electron chi connectivity index (χ2n) is 5.74. The van der Waals surface area contributed by atoms with Gasteiger partial charge in [-0.15, -0.1) is 10.2 Å². The van der Waals surface area contributed by atoms with E-state index in [2.05, 4.69) is 20.5 Å². The first-order chi connectivity index (χ1) is 13.7. The Kier molecular flexibility index (Phi) is 5.16. The van der Waals surface area contributed by atoms with Crippen molar-refractivity contribution in [1.29, 1.82) is 0 Å². The van der Waals surface area contributed by atoms with E-state index in [0.717, 1.165) is 0 Å². The van der Waals surface area contributed by atoms with Gasteiger partial charge in [0.05, 0.1) is 5.75 Å². The number of rotatable bonds is 6. The minimum absolute atomic E-state index is 0.0954. The monoisotopic (exact) mass is 394 g/mol. The third-order valence-corrected chi connectivity index (χ3v) is 4.69. The number of hydrogen-bond donors (Lipinski definition) is 1. The highest BCUT2D eigenvalue weighted by molar-refractivity contribution is 7.99. The largest absolute Gasteiger partial charge is 0.325 e. The van der Waals surface area contributed by atoms with Gasteiger partial charge in [-0.3, -0.25) is 14.5 Å². The van der Waals surface area contributed by atoms with E-state index in [1.54, 1.807) is 23.0 Å². The number of pyridine rings is 1. The molecule has 0 fully saturated rings. The first-order valence-corrected chi connectivity index (χ1v) is 9.38. The molecule has 0 saturated heterocycles. The van der Waals surface area contributed by atoms with Crippen molar-refractivity contribution in [2.75, 3.05) is 11.1 Å². The lowest BCUT2D eigenvalue weighted by Crippen LogP contribution is -2.16. The van der Waals surface area contributed by atoms with Crippen LogP contribution in [0.15, 0.2) is 78.3 Å². The molecule has 1 amide bonds. The van der Waals surface area contributed by atoms with E-state index in [1.807, 2.05) is 47.4 Å². The molecule has 0 aliphatic rings. The van der Waals surface area contributed by atoms with Crippen molar-refractivity contribution in [2.45, 2.75) is 5.16 Å². The van der Waals surface area contributed by atoms with Crippen molar-refractivity contribution in [3.05, 3.63) is 79.0 Å². The van der Waals surface area contributed by atoms with Crippen LogP contribution in [0.4, 0.5) is 10.1 Å². The number of halogens is 1. The van der Waals surface area contributed by atoms with Crippen LogP contribution in [0.2, 0.25) is 0 Å². The van der Waals surface area contributed by atoms with Gasteiger partial charge >= 0.3 is 0 Å². The number of carbonyl (C=O) groups excluding carboxylic acids is 1. The molecule has 1 aromatic carbocycles. The predicted molar refractivity (Wildman–Crippen MR) is 104 cm³/mol. The zero-order valence-corrected chi connectivity index (χ0v) is 15.4. The highest BCUT2D eigenvalue weighted by Gasteiger charge is 2.17. The van der Waals surface area contributed by atoms with Crippen LogP contribution < -0.4 is 5.32 Å². The molecule has 0 aliphatic heterocycles. The van der Waals surface area contributed by atoms with Crippen LogP contribution in [0.25, 0.3) is 11.5 Å². The minimum Gasteiger partial charge on any atom is -0.325 e. The van der Waals surface area contributed by atoms with Crippen molar-refractivity contribution in [3.8, 4) is 11.5 Å². The lowest BCUT2D eigenvalue weighted by atomic mass is 10.3. The summed E-state index contributed by atoms with van der Waals surface area (Å²) in [4.78, 5) is 16.6. The number of anilines is 1. The van der Waals surface area contributed by atoms with Gasteiger partial charge in [0.15, 0.2) is 0 Å². The standard InChI is InChI=1S/C19H15FN6OS/c20-14-6-5-7-15(12-14)22-17(27)13-28-19-24-23-18(16-8-1-2-9-21-16)26(19)25-10-3-4-11-25/h1-12H,13H2,(H,22,27). The fourth-order valence-corrected chi connectivity index (χ4v) is 3.30. The Morgan fingerprint density at radius 2 is 1.93 bits per heavy atom. The van der Waals surface area contributed by atoms with Crippen molar-refractivity contribution in [3.63, 3.8) is 0 Å². The molecule has 3 aromatic heterocycles. The molecule has 0 atom stereocenters. The van der Waals surface area contributed by atoms with Gasteiger partial charge in [0.1, 0.15) is 11.5 Å². The van der Waals surface area contributed by atoms with Gasteiger partial charge in [0, 0.05) is 24.3 Å². The van der Waals surface area contributed by atoms with E-state index in [1.165, 1.54) is 23.9 Å². The summed E-state index contributed by atoms with van der Waals surface area (Å²) in [6.45, 7) is 0. The highest BCUT2D eigenvalue weighted by atomic mass is 32.2. The summed E-state index contributed by atoms with van der Waals surface area (Å²) in [6, 6.07) is 15.1. The molecule has 0 bridgehead atoms. The molecule has 3 heterocycles. The number of nitrogens with zero attached hydrogens (tertiary/aromatic N) is 5. The summed E-state index contributed by atoms with van der Waals surface area (Å²) < 4.78 is 16.9. The maximum atomic E-state index is 13.3. The zero-order valence-electron chi connectivity index (χ0n) is 14.6. The topological polar surface area (TPSA) is 77.6 Å². The van der Waals surface area contributed by atoms with Gasteiger partial charge in [-0.2, -0.15) is 0 Å². The first kappa shape index (κ1) is 17.9. The zero-order chi connectivity index (χ0) is 19.3. The summed E-state index contributed by atoms with van der Waals surface area (Å²) in [5.74, 6) is -0.0160. The maximum Gasteiger partial charge on any atom is 0.234 e. The minimum atomic E-state index is -0.405. The van der Waals surface area contributed by atoms with E-state index >= 15 is 0 Å². The number of amides is 1. The fourth-order valence-electron chi connectivity index (χ4n) is 2.57. The fraction of sp³-hybridized carbons (Fsp3) is 0.0526. The van der Waals surface area contributed by atoms with Crippen molar-refractivity contribution in [2.24, 2.45) is 0 Å². The molecule has 7 nitrogen and oxygen atoms in total. The smallest absolute Gasteiger partial charge is 0.234 e. The first-order valence-electron chi connectivity index (χ1n) is 8.39. The molecule has 1 N–H and O–H groups in total. The average Bonchev–Trinajstić information content (AvgIpc) is 3.36. The molecule has 0 saturated carbocycles. The molecule has 0 unspecified atom stereocenters. The Balaban J connectivity index is 1.55. The quantitative estimate of drug-likeness (QED) is 0.508. The lowest BCUT2D eigenvalue weighted by Gasteiger charge is -2.11. The second kappa shape index (κ2) is 8.05. The van der Waals surface area contributed by atoms with Crippen molar-refractivity contribution < 1.29 is 9.18 Å². The van der Waals surface area contributed by atoms with Crippen LogP contribution in [0.1, 0.15) is 0 Å². The van der Waals surface area contributed by atoms with E-state index < -0.39 is 5.82 Å². The van der Waals surface area contributed by atoms with E-state index in [9.17, 15) is 9.18 Å². The van der Waals surface area contributed by atoms with Gasteiger partial charge in [-0.05, 0) is 42.5 Å². The average molecular weight is 394 g/mol. The van der Waals surface area contributed by atoms with E-state index in [-0.39, 0.29) is 11.7 Å². The molecule has 0 aliphatic carbocycles. The molecule has 4 rings (SSSR count). The van der Waals surface area contributed by atoms with Gasteiger partial charge in [-0.1, -0.05) is 23.9 Å². The summed E-state index contributed by atoms with van der Waals surface area (Å²) >= 11 is 1.23. The number of hydrogen-bond acceptors (Lipinski definition) is 5. The summed E-state index contributed by atoms with van der Waals surface area (Å²) in [5.41, 5.74) is 1.08. The van der Waals surface area contributed by atoms with Gasteiger partial charge in [-0.25, -0.2) is 9.07 Å². The van der Waals surface area contributed by atoms with Crippen LogP contribution in [0.5, 0.6) is 0 Å². The number of nitrogens with one attached hydrogen (secondary N) is 1. The Hall–Kier alpha value is -3.46. The third kappa shape index (κ3) is 3.94. The maximum absolute atomic E-state index is 13.3. The Bertz CT molecular complexity index is 1080. The molecule has 9 heteroatoms. The van der Waals surface area contributed by atoms with E-state index in [0.29, 0.717) is 22.4 Å². The van der Waals surface area contributed by atoms with Crippen molar-refractivity contribution >= 4 is 23.4 Å². The summed E-state index contributed by atoms with van der Waals surface area (Å²) in [7, 11) is 0. The molecule has 0 spiro atoms. The van der Waals surface area contributed by atoms with Crippen LogP contribution in [0, 0.1) is 5.82 Å². The number of carbonyl (C=O) groups is 1. The summed E-state index contributed by atoms with van der Waals surface area (Å²) in [6.07, 6.45) is 5.39. The molecule has 140 valence electrons. The predicted octanol–water partition coefficient (Wildman–Crippen LogP) is 3.32. The van der Waals surface area contributed by atoms with Gasteiger partial charge < -0.3 is 5.32 Å². The normalized spacial score (nSPS) is 10.8. The van der Waals surface area contributed by atoms with Crippen LogP contribution in [-0.4, -0.2) is 36.2 Å². The third-order valence-electron chi connectivity index (χ3n) is 3.77.